The number of hydrogen-bond donors (Lipinski definition) is 3. The number of aliphatic hydroxyl groups is 1. The Kier molecular flexibility index (Phi) is 3.99. The summed E-state index contributed by atoms with van der Waals surface area (Å²) in [5.74, 6) is 0. The van der Waals surface area contributed by atoms with Crippen LogP contribution in [-0.2, 0) is 0 Å². The van der Waals surface area contributed by atoms with Crippen molar-refractivity contribution in [3.8, 4) is 0 Å². The summed E-state index contributed by atoms with van der Waals surface area (Å²) in [5, 5.41) is 17.7. The van der Waals surface area contributed by atoms with Crippen LogP contribution in [0.5, 0.6) is 0 Å². The molecule has 0 aliphatic rings. The molecule has 4 N–H and O–H groups in total. The van der Waals surface area contributed by atoms with E-state index in [0.717, 1.165) is 4.90 Å². The summed E-state index contributed by atoms with van der Waals surface area (Å²) in [7, 11) is 0. The molecule has 0 aromatic rings. The Morgan fingerprint density at radius 3 is 2.25 bits per heavy atom. The molecule has 0 bridgehead atoms. The zero-order valence-corrected chi connectivity index (χ0v) is 7.45. The van der Waals surface area contributed by atoms with Crippen molar-refractivity contribution in [2.75, 3.05) is 13.3 Å². The largest absolute Gasteiger partial charge is 0.465 e. The smallest absolute Gasteiger partial charge is 0.408 e. The van der Waals surface area contributed by atoms with Crippen molar-refractivity contribution in [2.45, 2.75) is 25.8 Å². The van der Waals surface area contributed by atoms with Crippen LogP contribution >= 0.6 is 0 Å². The number of amides is 1. The lowest BCUT2D eigenvalue weighted by Gasteiger charge is -2.36. The van der Waals surface area contributed by atoms with Crippen molar-refractivity contribution in [1.82, 2.24) is 4.90 Å². The molecule has 1 unspecified atom stereocenters. The number of carbonyl (C=O) groups is 1. The summed E-state index contributed by atoms with van der Waals surface area (Å²) in [4.78, 5) is 11.7. The first-order valence-electron chi connectivity index (χ1n) is 3.83. The maximum absolute atomic E-state index is 10.6. The van der Waals surface area contributed by atoms with Gasteiger partial charge in [-0.05, 0) is 13.3 Å². The Hall–Kier alpha value is -0.810. The molecule has 0 heterocycles. The Labute approximate surface area is 71.8 Å². The molecule has 12 heavy (non-hydrogen) atoms. The van der Waals surface area contributed by atoms with Gasteiger partial charge in [0.15, 0.2) is 0 Å². The van der Waals surface area contributed by atoms with Crippen LogP contribution in [0.25, 0.3) is 0 Å². The van der Waals surface area contributed by atoms with Crippen LogP contribution < -0.4 is 5.73 Å². The highest BCUT2D eigenvalue weighted by Gasteiger charge is 2.31. The van der Waals surface area contributed by atoms with Crippen LogP contribution in [0.4, 0.5) is 4.79 Å². The first kappa shape index (κ1) is 11.2. The van der Waals surface area contributed by atoms with Gasteiger partial charge in [-0.1, -0.05) is 6.92 Å². The van der Waals surface area contributed by atoms with E-state index in [1.165, 1.54) is 0 Å². The summed E-state index contributed by atoms with van der Waals surface area (Å²) >= 11 is 0. The van der Waals surface area contributed by atoms with Gasteiger partial charge in [-0.2, -0.15) is 0 Å². The summed E-state index contributed by atoms with van der Waals surface area (Å²) in [6.45, 7) is 3.16. The molecule has 0 aliphatic carbocycles. The Morgan fingerprint density at radius 1 is 1.67 bits per heavy atom. The van der Waals surface area contributed by atoms with E-state index >= 15 is 0 Å². The fourth-order valence-electron chi connectivity index (χ4n) is 0.917. The standard InChI is InChI=1S/C7H16N2O3/c1-3-7(2,4-10)9(5-8)6(11)12/h10H,3-5,8H2,1-2H3,(H,11,12). The van der Waals surface area contributed by atoms with Gasteiger partial charge in [-0.25, -0.2) is 4.79 Å². The van der Waals surface area contributed by atoms with Crippen LogP contribution in [0.3, 0.4) is 0 Å². The van der Waals surface area contributed by atoms with Gasteiger partial charge in [-0.3, -0.25) is 4.90 Å². The summed E-state index contributed by atoms with van der Waals surface area (Å²) in [6.07, 6.45) is -0.566. The molecule has 0 saturated carbocycles. The molecule has 1 amide bonds. The molecule has 5 nitrogen and oxygen atoms in total. The fourth-order valence-corrected chi connectivity index (χ4v) is 0.917. The van der Waals surface area contributed by atoms with Crippen molar-refractivity contribution in [3.05, 3.63) is 0 Å². The highest BCUT2D eigenvalue weighted by molar-refractivity contribution is 5.66. The molecule has 0 aromatic heterocycles. The molecule has 5 heteroatoms. The SMILES string of the molecule is CCC(C)(CO)N(CN)C(=O)O. The van der Waals surface area contributed by atoms with Crippen molar-refractivity contribution in [1.29, 1.82) is 0 Å². The second-order valence-electron chi connectivity index (χ2n) is 2.90. The topological polar surface area (TPSA) is 86.8 Å². The maximum atomic E-state index is 10.6. The van der Waals surface area contributed by atoms with E-state index < -0.39 is 11.6 Å². The summed E-state index contributed by atoms with van der Waals surface area (Å²) < 4.78 is 0. The van der Waals surface area contributed by atoms with Crippen molar-refractivity contribution in [2.24, 2.45) is 5.73 Å². The number of nitrogens with zero attached hydrogens (tertiary/aromatic N) is 1. The lowest BCUT2D eigenvalue weighted by Crippen LogP contribution is -2.53. The van der Waals surface area contributed by atoms with Gasteiger partial charge in [0, 0.05) is 0 Å². The number of nitrogens with two attached hydrogens (primary N) is 1. The van der Waals surface area contributed by atoms with E-state index in [1.54, 1.807) is 6.92 Å². The molecule has 0 aromatic carbocycles. The number of hydrogen-bond acceptors (Lipinski definition) is 3. The molecule has 0 aliphatic heterocycles. The number of aliphatic hydroxyl groups excluding tert-OH is 1. The second kappa shape index (κ2) is 4.27. The van der Waals surface area contributed by atoms with Crippen LogP contribution in [0, 0.1) is 0 Å². The van der Waals surface area contributed by atoms with Gasteiger partial charge in [0.25, 0.3) is 0 Å². The molecular weight excluding hydrogens is 160 g/mol. The Bertz CT molecular complexity index is 157. The number of rotatable bonds is 4. The molecule has 0 fully saturated rings. The normalized spacial score (nSPS) is 15.3. The van der Waals surface area contributed by atoms with E-state index in [4.69, 9.17) is 15.9 Å². The Balaban J connectivity index is 4.54. The minimum Gasteiger partial charge on any atom is -0.465 e. The maximum Gasteiger partial charge on any atom is 0.408 e. The van der Waals surface area contributed by atoms with Crippen molar-refractivity contribution in [3.63, 3.8) is 0 Å². The van der Waals surface area contributed by atoms with Gasteiger partial charge in [0.2, 0.25) is 0 Å². The zero-order valence-electron chi connectivity index (χ0n) is 7.45. The van der Waals surface area contributed by atoms with Crippen molar-refractivity contribution >= 4 is 6.09 Å². The van der Waals surface area contributed by atoms with Gasteiger partial charge in [0.05, 0.1) is 18.8 Å². The predicted octanol–water partition coefficient (Wildman–Crippen LogP) is 0.0436. The first-order chi connectivity index (χ1) is 5.51. The first-order valence-corrected chi connectivity index (χ1v) is 3.83. The van der Waals surface area contributed by atoms with Crippen LogP contribution in [0.15, 0.2) is 0 Å². The molecule has 1 atom stereocenters. The zero-order chi connectivity index (χ0) is 9.78. The lowest BCUT2D eigenvalue weighted by atomic mass is 9.98. The monoisotopic (exact) mass is 176 g/mol. The average Bonchev–Trinajstić information content (AvgIpc) is 2.04. The van der Waals surface area contributed by atoms with E-state index in [0.29, 0.717) is 6.42 Å². The van der Waals surface area contributed by atoms with E-state index in [9.17, 15) is 4.79 Å². The van der Waals surface area contributed by atoms with Gasteiger partial charge in [-0.15, -0.1) is 0 Å². The van der Waals surface area contributed by atoms with E-state index in [-0.39, 0.29) is 13.3 Å². The van der Waals surface area contributed by atoms with Crippen LogP contribution in [0.2, 0.25) is 0 Å². The Morgan fingerprint density at radius 2 is 2.17 bits per heavy atom. The molecule has 72 valence electrons. The summed E-state index contributed by atoms with van der Waals surface area (Å²) in [5.41, 5.74) is 4.48. The molecule has 0 spiro atoms. The quantitative estimate of drug-likeness (QED) is 0.528. The highest BCUT2D eigenvalue weighted by atomic mass is 16.4. The van der Waals surface area contributed by atoms with Crippen LogP contribution in [0.1, 0.15) is 20.3 Å². The van der Waals surface area contributed by atoms with Gasteiger partial charge >= 0.3 is 6.09 Å². The molecule has 0 saturated heterocycles. The third-order valence-electron chi connectivity index (χ3n) is 2.17. The molecule has 0 rings (SSSR count). The highest BCUT2D eigenvalue weighted by Crippen LogP contribution is 2.17. The van der Waals surface area contributed by atoms with Crippen LogP contribution in [-0.4, -0.2) is 40.0 Å². The minimum absolute atomic E-state index is 0.0970. The predicted molar refractivity (Wildman–Crippen MR) is 44.7 cm³/mol. The van der Waals surface area contributed by atoms with Crippen molar-refractivity contribution < 1.29 is 15.0 Å². The third-order valence-corrected chi connectivity index (χ3v) is 2.17. The third kappa shape index (κ3) is 2.09. The fraction of sp³-hybridized carbons (Fsp3) is 0.857. The number of carboxylic acid groups (broad SMARTS) is 1. The van der Waals surface area contributed by atoms with Gasteiger partial charge < -0.3 is 15.9 Å². The second-order valence-corrected chi connectivity index (χ2v) is 2.90. The minimum atomic E-state index is -1.10. The average molecular weight is 176 g/mol. The van der Waals surface area contributed by atoms with E-state index in [1.807, 2.05) is 6.92 Å². The van der Waals surface area contributed by atoms with E-state index in [2.05, 4.69) is 0 Å². The summed E-state index contributed by atoms with van der Waals surface area (Å²) in [6, 6.07) is 0. The lowest BCUT2D eigenvalue weighted by molar-refractivity contribution is 0.0428. The van der Waals surface area contributed by atoms with Gasteiger partial charge in [0.1, 0.15) is 0 Å². The molecular formula is C7H16N2O3. The molecule has 0 radical (unpaired) electrons.